The van der Waals surface area contributed by atoms with E-state index < -0.39 is 0 Å². The topological polar surface area (TPSA) is 38.7 Å². The summed E-state index contributed by atoms with van der Waals surface area (Å²) >= 11 is 1.73. The van der Waals surface area contributed by atoms with Crippen molar-refractivity contribution in [1.29, 1.82) is 0 Å². The fourth-order valence-corrected chi connectivity index (χ4v) is 8.49. The van der Waals surface area contributed by atoms with Crippen LogP contribution in [0.2, 0.25) is 0 Å². The zero-order valence-corrected chi connectivity index (χ0v) is 21.7. The van der Waals surface area contributed by atoms with E-state index in [1.807, 2.05) is 6.07 Å². The Morgan fingerprint density at radius 3 is 2.47 bits per heavy atom. The number of ether oxygens (including phenoxy) is 2. The van der Waals surface area contributed by atoms with Crippen molar-refractivity contribution >= 4 is 22.5 Å². The van der Waals surface area contributed by atoms with E-state index in [1.165, 1.54) is 52.0 Å². The molecule has 2 bridgehead atoms. The van der Waals surface area contributed by atoms with E-state index in [9.17, 15) is 5.11 Å². The quantitative estimate of drug-likeness (QED) is 0.311. The number of aromatic hydroxyl groups is 1. The first-order valence-corrected chi connectivity index (χ1v) is 13.7. The molecule has 2 saturated carbocycles. The van der Waals surface area contributed by atoms with E-state index in [0.29, 0.717) is 11.7 Å². The fraction of sp³-hybridized carbons (Fsp3) is 0.312. The lowest BCUT2D eigenvalue weighted by atomic mass is 9.66. The fourth-order valence-electron chi connectivity index (χ4n) is 7.45. The largest absolute Gasteiger partial charge is 0.507 e. The molecule has 4 aromatic carbocycles. The van der Waals surface area contributed by atoms with Crippen LogP contribution in [0.4, 0.5) is 0 Å². The minimum atomic E-state index is -0.0307. The van der Waals surface area contributed by atoms with Crippen LogP contribution >= 0.6 is 11.8 Å². The molecule has 3 nitrogen and oxygen atoms in total. The zero-order valence-electron chi connectivity index (χ0n) is 20.9. The highest BCUT2D eigenvalue weighted by molar-refractivity contribution is 7.99. The minimum absolute atomic E-state index is 0.0307. The molecule has 3 aliphatic carbocycles. The molecule has 36 heavy (non-hydrogen) atoms. The first-order valence-electron chi connectivity index (χ1n) is 12.8. The summed E-state index contributed by atoms with van der Waals surface area (Å²) in [6.45, 7) is 2.14. The van der Waals surface area contributed by atoms with Crippen LogP contribution in [-0.2, 0) is 5.41 Å². The number of phenols is 1. The van der Waals surface area contributed by atoms with Crippen LogP contribution in [0.5, 0.6) is 17.2 Å². The standard InChI is InChI=1S/C32H30O3S/c1-18-6-4-5-7-29(18)36-30-15-24-23(14-28(30)35-3)27(33)16-26-31(24)22-11-10-21(34-2)13-25(22)32(26)17-19-8-9-20(32)12-19/h4-7,10-11,13-16,19-20,33H,8-9,12,17H2,1-3H3. The molecule has 2 fully saturated rings. The lowest BCUT2D eigenvalue weighted by molar-refractivity contribution is 0.324. The molecule has 0 aliphatic heterocycles. The second-order valence-corrected chi connectivity index (χ2v) is 11.8. The first-order chi connectivity index (χ1) is 17.5. The van der Waals surface area contributed by atoms with Gasteiger partial charge in [-0.05, 0) is 108 Å². The number of hydrogen-bond donors (Lipinski definition) is 1. The van der Waals surface area contributed by atoms with Crippen LogP contribution in [0.1, 0.15) is 42.4 Å². The van der Waals surface area contributed by atoms with E-state index in [0.717, 1.165) is 39.5 Å². The van der Waals surface area contributed by atoms with Crippen molar-refractivity contribution in [2.75, 3.05) is 14.2 Å². The lowest BCUT2D eigenvalue weighted by Crippen LogP contribution is -2.31. The molecule has 0 amide bonds. The van der Waals surface area contributed by atoms with Crippen molar-refractivity contribution < 1.29 is 14.6 Å². The maximum absolute atomic E-state index is 11.4. The van der Waals surface area contributed by atoms with Crippen LogP contribution in [0.25, 0.3) is 21.9 Å². The van der Waals surface area contributed by atoms with Crippen LogP contribution in [0.15, 0.2) is 70.5 Å². The first kappa shape index (κ1) is 22.1. The van der Waals surface area contributed by atoms with Crippen LogP contribution in [0.3, 0.4) is 0 Å². The summed E-state index contributed by atoms with van der Waals surface area (Å²) in [6.07, 6.45) is 5.04. The Morgan fingerprint density at radius 1 is 0.889 bits per heavy atom. The molecule has 7 rings (SSSR count). The molecule has 3 aliphatic rings. The minimum Gasteiger partial charge on any atom is -0.507 e. The van der Waals surface area contributed by atoms with Crippen molar-refractivity contribution in [3.8, 4) is 28.4 Å². The highest BCUT2D eigenvalue weighted by atomic mass is 32.2. The number of fused-ring (bicyclic) bond motifs is 10. The summed E-state index contributed by atoms with van der Waals surface area (Å²) < 4.78 is 11.5. The molecular formula is C32H30O3S. The van der Waals surface area contributed by atoms with Gasteiger partial charge in [0, 0.05) is 15.7 Å². The summed E-state index contributed by atoms with van der Waals surface area (Å²) in [5, 5.41) is 13.3. The van der Waals surface area contributed by atoms with Gasteiger partial charge in [-0.15, -0.1) is 0 Å². The smallest absolute Gasteiger partial charge is 0.133 e. The summed E-state index contributed by atoms with van der Waals surface area (Å²) in [5.41, 5.74) is 6.48. The van der Waals surface area contributed by atoms with E-state index in [4.69, 9.17) is 9.47 Å². The number of methoxy groups -OCH3 is 2. The van der Waals surface area contributed by atoms with Crippen LogP contribution in [0, 0.1) is 18.8 Å². The van der Waals surface area contributed by atoms with E-state index in [-0.39, 0.29) is 5.41 Å². The Morgan fingerprint density at radius 2 is 1.75 bits per heavy atom. The number of hydrogen-bond acceptors (Lipinski definition) is 4. The van der Waals surface area contributed by atoms with Crippen LogP contribution < -0.4 is 9.47 Å². The molecule has 0 radical (unpaired) electrons. The monoisotopic (exact) mass is 494 g/mol. The molecular weight excluding hydrogens is 464 g/mol. The Bertz CT molecular complexity index is 1540. The third-order valence-corrected chi connectivity index (χ3v) is 10.2. The van der Waals surface area contributed by atoms with Gasteiger partial charge in [0.1, 0.15) is 17.2 Å². The Labute approximate surface area is 216 Å². The predicted octanol–water partition coefficient (Wildman–Crippen LogP) is 8.11. The Hall–Kier alpha value is -3.11. The lowest BCUT2D eigenvalue weighted by Gasteiger charge is -2.36. The van der Waals surface area contributed by atoms with Gasteiger partial charge in [0.05, 0.1) is 19.1 Å². The van der Waals surface area contributed by atoms with Gasteiger partial charge < -0.3 is 14.6 Å². The van der Waals surface area contributed by atoms with E-state index >= 15 is 0 Å². The van der Waals surface area contributed by atoms with Crippen molar-refractivity contribution in [2.24, 2.45) is 11.8 Å². The van der Waals surface area contributed by atoms with Crippen molar-refractivity contribution in [3.05, 3.63) is 77.4 Å². The van der Waals surface area contributed by atoms with Gasteiger partial charge in [-0.1, -0.05) is 42.4 Å². The maximum Gasteiger partial charge on any atom is 0.133 e. The van der Waals surface area contributed by atoms with Crippen molar-refractivity contribution in [3.63, 3.8) is 0 Å². The predicted molar refractivity (Wildman–Crippen MR) is 146 cm³/mol. The summed E-state index contributed by atoms with van der Waals surface area (Å²) in [4.78, 5) is 2.28. The number of phenolic OH excluding ortho intramolecular Hbond substituents is 1. The van der Waals surface area contributed by atoms with Gasteiger partial charge in [-0.25, -0.2) is 0 Å². The molecule has 4 heteroatoms. The molecule has 0 heterocycles. The SMILES string of the molecule is COc1ccc2c(c1)C1(CC3CCC1C3)c1cc(O)c3cc(OC)c(Sc4ccccc4C)cc3c1-2. The highest BCUT2D eigenvalue weighted by Crippen LogP contribution is 2.67. The number of benzene rings is 4. The van der Waals surface area contributed by atoms with Gasteiger partial charge in [0.15, 0.2) is 0 Å². The molecule has 0 aromatic heterocycles. The highest BCUT2D eigenvalue weighted by Gasteiger charge is 2.57. The second kappa shape index (κ2) is 7.94. The number of aryl methyl sites for hydroxylation is 1. The van der Waals surface area contributed by atoms with Crippen LogP contribution in [-0.4, -0.2) is 19.3 Å². The molecule has 1 spiro atoms. The molecule has 3 atom stereocenters. The third-order valence-electron chi connectivity index (χ3n) is 9.02. The Balaban J connectivity index is 1.51. The summed E-state index contributed by atoms with van der Waals surface area (Å²) in [7, 11) is 3.46. The summed E-state index contributed by atoms with van der Waals surface area (Å²) in [5.74, 6) is 3.42. The maximum atomic E-state index is 11.4. The Kier molecular flexibility index (Phi) is 4.88. The number of rotatable bonds is 4. The zero-order chi connectivity index (χ0) is 24.6. The van der Waals surface area contributed by atoms with Gasteiger partial charge in [-0.3, -0.25) is 0 Å². The summed E-state index contributed by atoms with van der Waals surface area (Å²) in [6, 6.07) is 21.4. The molecule has 3 unspecified atom stereocenters. The van der Waals surface area contributed by atoms with Gasteiger partial charge in [0.2, 0.25) is 0 Å². The average Bonchev–Trinajstić information content (AvgIpc) is 3.58. The van der Waals surface area contributed by atoms with Gasteiger partial charge in [0.25, 0.3) is 0 Å². The van der Waals surface area contributed by atoms with Crippen molar-refractivity contribution in [1.82, 2.24) is 0 Å². The van der Waals surface area contributed by atoms with Crippen molar-refractivity contribution in [2.45, 2.75) is 47.8 Å². The van der Waals surface area contributed by atoms with E-state index in [2.05, 4.69) is 61.5 Å². The third kappa shape index (κ3) is 2.94. The van der Waals surface area contributed by atoms with E-state index in [1.54, 1.807) is 26.0 Å². The second-order valence-electron chi connectivity index (χ2n) is 10.7. The van der Waals surface area contributed by atoms with Gasteiger partial charge >= 0.3 is 0 Å². The molecule has 1 N–H and O–H groups in total. The normalized spacial score (nSPS) is 23.3. The molecule has 4 aromatic rings. The van der Waals surface area contributed by atoms with Gasteiger partial charge in [-0.2, -0.15) is 0 Å². The molecule has 182 valence electrons. The molecule has 0 saturated heterocycles. The average molecular weight is 495 g/mol.